The number of carbonyl (C=O) groups is 1. The number of carbonyl (C=O) groups excluding carboxylic acids is 1. The van der Waals surface area contributed by atoms with Gasteiger partial charge in [-0.25, -0.2) is 17.8 Å². The first-order valence-electron chi connectivity index (χ1n) is 11.6. The summed E-state index contributed by atoms with van der Waals surface area (Å²) >= 11 is 1.36. The maximum atomic E-state index is 13.2. The Kier molecular flexibility index (Phi) is 6.95. The lowest BCUT2D eigenvalue weighted by Gasteiger charge is -2.30. The average Bonchev–Trinajstić information content (AvgIpc) is 3.38. The van der Waals surface area contributed by atoms with Crippen LogP contribution in [0.1, 0.15) is 12.8 Å². The maximum Gasteiger partial charge on any atom is 0.243 e. The molecular formula is C27H24FN3O3S2. The number of hydrogen-bond donors (Lipinski definition) is 1. The topological polar surface area (TPSA) is 79.4 Å². The molecule has 9 heteroatoms. The van der Waals surface area contributed by atoms with Crippen LogP contribution in [0.3, 0.4) is 0 Å². The van der Waals surface area contributed by atoms with E-state index in [0.29, 0.717) is 18.0 Å². The van der Waals surface area contributed by atoms with Gasteiger partial charge in [-0.1, -0.05) is 54.6 Å². The predicted molar refractivity (Wildman–Crippen MR) is 139 cm³/mol. The van der Waals surface area contributed by atoms with Crippen LogP contribution in [0.15, 0.2) is 89.1 Å². The van der Waals surface area contributed by atoms with Crippen LogP contribution >= 0.6 is 11.3 Å². The summed E-state index contributed by atoms with van der Waals surface area (Å²) in [4.78, 5) is 17.4. The van der Waals surface area contributed by atoms with Crippen LogP contribution in [0.25, 0.3) is 22.4 Å². The number of benzene rings is 3. The molecule has 1 saturated heterocycles. The van der Waals surface area contributed by atoms with Gasteiger partial charge in [0.15, 0.2) is 5.13 Å². The number of hydrogen-bond acceptors (Lipinski definition) is 5. The molecule has 1 fully saturated rings. The second-order valence-corrected chi connectivity index (χ2v) is 11.4. The fourth-order valence-electron chi connectivity index (χ4n) is 4.25. The van der Waals surface area contributed by atoms with E-state index >= 15 is 0 Å². The Balaban J connectivity index is 1.18. The van der Waals surface area contributed by atoms with Gasteiger partial charge in [-0.15, -0.1) is 11.3 Å². The highest BCUT2D eigenvalue weighted by molar-refractivity contribution is 7.89. The summed E-state index contributed by atoms with van der Waals surface area (Å²) in [5.74, 6) is -0.949. The molecule has 6 nitrogen and oxygen atoms in total. The van der Waals surface area contributed by atoms with E-state index in [4.69, 9.17) is 0 Å². The van der Waals surface area contributed by atoms with Crippen LogP contribution < -0.4 is 5.32 Å². The third kappa shape index (κ3) is 5.23. The lowest BCUT2D eigenvalue weighted by Crippen LogP contribution is -2.41. The minimum atomic E-state index is -3.71. The molecule has 0 saturated carbocycles. The number of amides is 1. The number of rotatable bonds is 6. The summed E-state index contributed by atoms with van der Waals surface area (Å²) in [7, 11) is -3.71. The van der Waals surface area contributed by atoms with Crippen LogP contribution in [0.4, 0.5) is 9.52 Å². The van der Waals surface area contributed by atoms with Crippen molar-refractivity contribution in [3.05, 3.63) is 90.1 Å². The molecule has 1 aliphatic heterocycles. The second kappa shape index (κ2) is 10.3. The minimum absolute atomic E-state index is 0.0546. The first-order chi connectivity index (χ1) is 17.4. The van der Waals surface area contributed by atoms with Crippen LogP contribution in [0.5, 0.6) is 0 Å². The molecule has 0 aliphatic carbocycles. The molecule has 0 unspecified atom stereocenters. The normalized spacial score (nSPS) is 15.0. The van der Waals surface area contributed by atoms with Crippen molar-refractivity contribution in [2.75, 3.05) is 18.4 Å². The van der Waals surface area contributed by atoms with Gasteiger partial charge in [0, 0.05) is 30.0 Å². The Bertz CT molecular complexity index is 1450. The zero-order valence-electron chi connectivity index (χ0n) is 19.3. The van der Waals surface area contributed by atoms with Crippen molar-refractivity contribution in [3.8, 4) is 22.4 Å². The Labute approximate surface area is 213 Å². The summed E-state index contributed by atoms with van der Waals surface area (Å²) in [6, 6.07) is 23.1. The van der Waals surface area contributed by atoms with Gasteiger partial charge in [0.25, 0.3) is 0 Å². The number of sulfonamides is 1. The molecule has 0 spiro atoms. The van der Waals surface area contributed by atoms with Gasteiger partial charge >= 0.3 is 0 Å². The molecule has 5 rings (SSSR count). The van der Waals surface area contributed by atoms with E-state index in [-0.39, 0.29) is 29.8 Å². The first-order valence-corrected chi connectivity index (χ1v) is 13.9. The molecule has 3 aromatic carbocycles. The van der Waals surface area contributed by atoms with Crippen LogP contribution in [0.2, 0.25) is 0 Å². The van der Waals surface area contributed by atoms with Crippen LogP contribution in [-0.2, 0) is 14.8 Å². The van der Waals surface area contributed by atoms with E-state index in [2.05, 4.69) is 34.6 Å². The van der Waals surface area contributed by atoms with Gasteiger partial charge in [-0.2, -0.15) is 4.31 Å². The van der Waals surface area contributed by atoms with E-state index in [1.54, 1.807) is 0 Å². The standard InChI is InChI=1S/C27H24FN3O3S2/c28-23-10-12-24(13-11-23)36(33,34)31-16-14-22(15-17-31)26(32)30-27-29-25(18-35-27)21-8-6-20(7-9-21)19-4-2-1-3-5-19/h1-13,18,22H,14-17H2,(H,29,30,32). The van der Waals surface area contributed by atoms with Gasteiger partial charge in [0.2, 0.25) is 15.9 Å². The fraction of sp³-hybridized carbons (Fsp3) is 0.185. The fourth-order valence-corrected chi connectivity index (χ4v) is 6.44. The van der Waals surface area contributed by atoms with Crippen molar-refractivity contribution in [1.29, 1.82) is 0 Å². The molecule has 0 bridgehead atoms. The molecule has 2 heterocycles. The number of thiazole rings is 1. The van der Waals surface area contributed by atoms with Gasteiger partial charge in [0.05, 0.1) is 10.6 Å². The van der Waals surface area contributed by atoms with Crippen LogP contribution in [-0.4, -0.2) is 36.7 Å². The van der Waals surface area contributed by atoms with Crippen molar-refractivity contribution in [2.45, 2.75) is 17.7 Å². The molecule has 184 valence electrons. The zero-order chi connectivity index (χ0) is 25.1. The van der Waals surface area contributed by atoms with E-state index in [9.17, 15) is 17.6 Å². The highest BCUT2D eigenvalue weighted by atomic mass is 32.2. The second-order valence-electron chi connectivity index (χ2n) is 8.60. The summed E-state index contributed by atoms with van der Waals surface area (Å²) in [5, 5.41) is 5.31. The molecule has 0 radical (unpaired) electrons. The number of halogens is 1. The summed E-state index contributed by atoms with van der Waals surface area (Å²) in [6.07, 6.45) is 0.816. The number of nitrogens with one attached hydrogen (secondary N) is 1. The molecular weight excluding hydrogens is 497 g/mol. The number of aromatic nitrogens is 1. The van der Waals surface area contributed by atoms with E-state index in [1.165, 1.54) is 27.8 Å². The lowest BCUT2D eigenvalue weighted by molar-refractivity contribution is -0.120. The minimum Gasteiger partial charge on any atom is -0.302 e. The molecule has 1 N–H and O–H groups in total. The molecule has 36 heavy (non-hydrogen) atoms. The van der Waals surface area contributed by atoms with Gasteiger partial charge < -0.3 is 5.32 Å². The van der Waals surface area contributed by atoms with Crippen molar-refractivity contribution >= 4 is 32.4 Å². The van der Waals surface area contributed by atoms with E-state index in [0.717, 1.165) is 34.5 Å². The summed E-state index contributed by atoms with van der Waals surface area (Å²) in [5.41, 5.74) is 4.02. The molecule has 0 atom stereocenters. The predicted octanol–water partition coefficient (Wildman–Crippen LogP) is 5.66. The number of anilines is 1. The average molecular weight is 522 g/mol. The van der Waals surface area contributed by atoms with Gasteiger partial charge in [-0.05, 0) is 48.2 Å². The van der Waals surface area contributed by atoms with Crippen molar-refractivity contribution < 1.29 is 17.6 Å². The van der Waals surface area contributed by atoms with Crippen molar-refractivity contribution in [2.24, 2.45) is 5.92 Å². The molecule has 1 amide bonds. The molecule has 1 aliphatic rings. The summed E-state index contributed by atoms with van der Waals surface area (Å²) < 4.78 is 40.1. The highest BCUT2D eigenvalue weighted by Crippen LogP contribution is 2.29. The smallest absolute Gasteiger partial charge is 0.243 e. The number of nitrogens with zero attached hydrogens (tertiary/aromatic N) is 2. The monoisotopic (exact) mass is 521 g/mol. The Hall–Kier alpha value is -3.40. The zero-order valence-corrected chi connectivity index (χ0v) is 20.9. The molecule has 4 aromatic rings. The van der Waals surface area contributed by atoms with E-state index < -0.39 is 15.8 Å². The SMILES string of the molecule is O=C(Nc1nc(-c2ccc(-c3ccccc3)cc2)cs1)C1CCN(S(=O)(=O)c2ccc(F)cc2)CC1. The lowest BCUT2D eigenvalue weighted by atomic mass is 9.97. The van der Waals surface area contributed by atoms with E-state index in [1.807, 2.05) is 35.7 Å². The first kappa shape index (κ1) is 24.3. The third-order valence-electron chi connectivity index (χ3n) is 6.30. The van der Waals surface area contributed by atoms with Gasteiger partial charge in [0.1, 0.15) is 5.82 Å². The van der Waals surface area contributed by atoms with Crippen molar-refractivity contribution in [3.63, 3.8) is 0 Å². The van der Waals surface area contributed by atoms with Crippen molar-refractivity contribution in [1.82, 2.24) is 9.29 Å². The molecule has 1 aromatic heterocycles. The quantitative estimate of drug-likeness (QED) is 0.355. The Morgan fingerprint density at radius 1 is 0.889 bits per heavy atom. The Morgan fingerprint density at radius 3 is 2.17 bits per heavy atom. The van der Waals surface area contributed by atoms with Crippen LogP contribution in [0, 0.1) is 11.7 Å². The highest BCUT2D eigenvalue weighted by Gasteiger charge is 2.32. The van der Waals surface area contributed by atoms with Gasteiger partial charge in [-0.3, -0.25) is 4.79 Å². The Morgan fingerprint density at radius 2 is 1.50 bits per heavy atom. The maximum absolute atomic E-state index is 13.2. The third-order valence-corrected chi connectivity index (χ3v) is 8.97. The largest absolute Gasteiger partial charge is 0.302 e. The number of piperidine rings is 1. The summed E-state index contributed by atoms with van der Waals surface area (Å²) in [6.45, 7) is 0.462.